The second-order valence-electron chi connectivity index (χ2n) is 9.63. The molecule has 1 spiro atoms. The van der Waals surface area contributed by atoms with Crippen LogP contribution < -0.4 is 5.73 Å². The maximum atomic E-state index is 11.1. The molecule has 0 bridgehead atoms. The number of fused-ring (bicyclic) bond motifs is 2. The minimum Gasteiger partial charge on any atom is -0.390 e. The van der Waals surface area contributed by atoms with E-state index in [0.717, 1.165) is 50.5 Å². The van der Waals surface area contributed by atoms with Crippen LogP contribution in [0.25, 0.3) is 21.9 Å². The molecule has 0 radical (unpaired) electrons. The first-order valence-corrected chi connectivity index (χ1v) is 12.3. The van der Waals surface area contributed by atoms with E-state index in [1.807, 2.05) is 42.0 Å². The van der Waals surface area contributed by atoms with Gasteiger partial charge >= 0.3 is 0 Å². The summed E-state index contributed by atoms with van der Waals surface area (Å²) in [5, 5.41) is 24.1. The average molecular weight is 524 g/mol. The predicted molar refractivity (Wildman–Crippen MR) is 132 cm³/mol. The number of nitrogens with zero attached hydrogens (tertiary/aromatic N) is 4. The highest BCUT2D eigenvalue weighted by Crippen LogP contribution is 2.52. The molecule has 1 aliphatic heterocycles. The Morgan fingerprint density at radius 2 is 2.06 bits per heavy atom. The molecule has 1 aromatic carbocycles. The summed E-state index contributed by atoms with van der Waals surface area (Å²) in [6.07, 6.45) is 3.76. The molecule has 4 N–H and O–H groups in total. The van der Waals surface area contributed by atoms with Gasteiger partial charge in [-0.25, -0.2) is 15.0 Å². The zero-order valence-electron chi connectivity index (χ0n) is 18.7. The lowest BCUT2D eigenvalue weighted by Crippen LogP contribution is -2.42. The van der Waals surface area contributed by atoms with Gasteiger partial charge in [0.25, 0.3) is 0 Å². The summed E-state index contributed by atoms with van der Waals surface area (Å²) in [5.74, 6) is 0.459. The Bertz CT molecular complexity index is 1400. The highest BCUT2D eigenvalue weighted by atomic mass is 79.9. The molecule has 9 heteroatoms. The molecule has 6 rings (SSSR count). The monoisotopic (exact) mass is 523 g/mol. The van der Waals surface area contributed by atoms with Crippen molar-refractivity contribution in [3.8, 4) is 0 Å². The van der Waals surface area contributed by atoms with Gasteiger partial charge in [0.1, 0.15) is 23.9 Å². The number of pyridine rings is 1. The number of hydrogen-bond acceptors (Lipinski definition) is 7. The number of nitrogens with two attached hydrogens (primary N) is 1. The third-order valence-electron chi connectivity index (χ3n) is 7.70. The summed E-state index contributed by atoms with van der Waals surface area (Å²) in [7, 11) is 0. The van der Waals surface area contributed by atoms with Gasteiger partial charge in [-0.3, -0.25) is 0 Å². The Balaban J connectivity index is 1.24. The van der Waals surface area contributed by atoms with Gasteiger partial charge in [-0.15, -0.1) is 0 Å². The van der Waals surface area contributed by atoms with Gasteiger partial charge in [-0.2, -0.15) is 0 Å². The standard InChI is InChI=1S/C25H26BrN5O3/c1-13-16-5-7-31(24(16)29-12-28-13)19-10-25(22(33)21(19)32)6-4-20(34-11-25)15-3-2-14-8-17(26)23(27)30-18(14)9-15/h2-3,5,7-9,12,19-22,32-33H,4,6,10-11H2,1H3,(H2,27,30). The van der Waals surface area contributed by atoms with Crippen LogP contribution >= 0.6 is 15.9 Å². The first kappa shape index (κ1) is 21.9. The van der Waals surface area contributed by atoms with Gasteiger partial charge in [0.2, 0.25) is 0 Å². The van der Waals surface area contributed by atoms with Gasteiger partial charge in [-0.1, -0.05) is 12.1 Å². The van der Waals surface area contributed by atoms with E-state index in [1.54, 1.807) is 6.33 Å². The molecule has 4 heterocycles. The molecule has 2 aliphatic rings. The predicted octanol–water partition coefficient (Wildman–Crippen LogP) is 3.84. The minimum atomic E-state index is -0.891. The number of aliphatic hydroxyl groups is 2. The molecular formula is C25H26BrN5O3. The second-order valence-corrected chi connectivity index (χ2v) is 10.5. The Morgan fingerprint density at radius 1 is 1.21 bits per heavy atom. The maximum Gasteiger partial charge on any atom is 0.143 e. The number of ether oxygens (including phenoxy) is 1. The van der Waals surface area contributed by atoms with E-state index < -0.39 is 17.6 Å². The van der Waals surface area contributed by atoms with Crippen LogP contribution in [0.1, 0.15) is 42.7 Å². The van der Waals surface area contributed by atoms with Crippen LogP contribution in [0, 0.1) is 12.3 Å². The van der Waals surface area contributed by atoms with Crippen LogP contribution in [0.2, 0.25) is 0 Å². The molecule has 34 heavy (non-hydrogen) atoms. The Kier molecular flexibility index (Phi) is 5.14. The van der Waals surface area contributed by atoms with Crippen molar-refractivity contribution in [1.82, 2.24) is 19.5 Å². The highest BCUT2D eigenvalue weighted by Gasteiger charge is 2.55. The molecular weight excluding hydrogens is 498 g/mol. The quantitative estimate of drug-likeness (QED) is 0.365. The van der Waals surface area contributed by atoms with Crippen LogP contribution in [0.15, 0.2) is 47.3 Å². The van der Waals surface area contributed by atoms with Crippen LogP contribution in [-0.2, 0) is 4.74 Å². The van der Waals surface area contributed by atoms with E-state index in [9.17, 15) is 10.2 Å². The van der Waals surface area contributed by atoms with Crippen molar-refractivity contribution < 1.29 is 14.9 Å². The van der Waals surface area contributed by atoms with Crippen molar-refractivity contribution in [1.29, 1.82) is 0 Å². The molecule has 5 atom stereocenters. The molecule has 4 aromatic rings. The molecule has 176 valence electrons. The third-order valence-corrected chi connectivity index (χ3v) is 8.33. The van der Waals surface area contributed by atoms with Gasteiger partial charge in [0.05, 0.1) is 40.5 Å². The summed E-state index contributed by atoms with van der Waals surface area (Å²) in [6.45, 7) is 2.33. The second kappa shape index (κ2) is 7.98. The lowest BCUT2D eigenvalue weighted by atomic mass is 9.76. The van der Waals surface area contributed by atoms with Gasteiger partial charge < -0.3 is 25.3 Å². The zero-order chi connectivity index (χ0) is 23.6. The first-order valence-electron chi connectivity index (χ1n) is 11.5. The fourth-order valence-electron chi connectivity index (χ4n) is 5.73. The fraction of sp³-hybridized carbons (Fsp3) is 0.400. The zero-order valence-corrected chi connectivity index (χ0v) is 20.3. The van der Waals surface area contributed by atoms with Crippen molar-refractivity contribution in [2.45, 2.75) is 50.5 Å². The van der Waals surface area contributed by atoms with Crippen molar-refractivity contribution in [2.75, 3.05) is 12.3 Å². The number of anilines is 1. The largest absolute Gasteiger partial charge is 0.390 e. The Labute approximate surface area is 204 Å². The number of hydrogen-bond donors (Lipinski definition) is 3. The topological polar surface area (TPSA) is 119 Å². The van der Waals surface area contributed by atoms with E-state index in [1.165, 1.54) is 0 Å². The Morgan fingerprint density at radius 3 is 2.85 bits per heavy atom. The summed E-state index contributed by atoms with van der Waals surface area (Å²) in [6, 6.07) is 9.78. The number of halogens is 1. The van der Waals surface area contributed by atoms with Crippen LogP contribution in [0.5, 0.6) is 0 Å². The van der Waals surface area contributed by atoms with E-state index in [-0.39, 0.29) is 12.1 Å². The smallest absolute Gasteiger partial charge is 0.143 e. The summed E-state index contributed by atoms with van der Waals surface area (Å²) in [4.78, 5) is 13.2. The molecule has 1 aliphatic carbocycles. The minimum absolute atomic E-state index is 0.0899. The van der Waals surface area contributed by atoms with Crippen molar-refractivity contribution in [3.63, 3.8) is 0 Å². The lowest BCUT2D eigenvalue weighted by Gasteiger charge is -2.40. The maximum absolute atomic E-state index is 11.1. The summed E-state index contributed by atoms with van der Waals surface area (Å²) >= 11 is 3.43. The number of rotatable bonds is 2. The molecule has 0 amide bonds. The van der Waals surface area contributed by atoms with E-state index in [0.29, 0.717) is 18.8 Å². The first-order chi connectivity index (χ1) is 16.4. The van der Waals surface area contributed by atoms with Gasteiger partial charge in [0, 0.05) is 22.4 Å². The molecule has 3 aromatic heterocycles. The van der Waals surface area contributed by atoms with E-state index >= 15 is 0 Å². The number of benzene rings is 1. The van der Waals surface area contributed by atoms with Gasteiger partial charge in [-0.05, 0) is 65.9 Å². The molecule has 8 nitrogen and oxygen atoms in total. The third kappa shape index (κ3) is 3.33. The fourth-order valence-corrected chi connectivity index (χ4v) is 6.07. The number of aromatic nitrogens is 4. The number of aliphatic hydroxyl groups excluding tert-OH is 2. The molecule has 1 saturated carbocycles. The van der Waals surface area contributed by atoms with E-state index in [2.05, 4.69) is 36.9 Å². The number of aryl methyl sites for hydroxylation is 1. The number of nitrogen functional groups attached to an aromatic ring is 1. The lowest BCUT2D eigenvalue weighted by molar-refractivity contribution is -0.120. The van der Waals surface area contributed by atoms with Crippen molar-refractivity contribution in [2.24, 2.45) is 5.41 Å². The Hall–Kier alpha value is -2.59. The van der Waals surface area contributed by atoms with Crippen molar-refractivity contribution >= 4 is 43.7 Å². The van der Waals surface area contributed by atoms with Crippen molar-refractivity contribution in [3.05, 3.63) is 58.6 Å². The van der Waals surface area contributed by atoms with Gasteiger partial charge in [0.15, 0.2) is 0 Å². The summed E-state index contributed by atoms with van der Waals surface area (Å²) in [5.41, 5.74) is 9.03. The normalized spacial score (nSPS) is 29.4. The van der Waals surface area contributed by atoms with Crippen LogP contribution in [-0.4, -0.2) is 48.5 Å². The molecule has 2 fully saturated rings. The summed E-state index contributed by atoms with van der Waals surface area (Å²) < 4.78 is 9.09. The molecule has 1 saturated heterocycles. The van der Waals surface area contributed by atoms with Crippen LogP contribution in [0.3, 0.4) is 0 Å². The van der Waals surface area contributed by atoms with E-state index in [4.69, 9.17) is 10.5 Å². The highest BCUT2D eigenvalue weighted by molar-refractivity contribution is 9.10. The average Bonchev–Trinajstić information content (AvgIpc) is 3.36. The SMILES string of the molecule is Cc1ncnc2c1ccn2C1CC2(CCC(c3ccc4cc(Br)c(N)nc4c3)OC2)C(O)C1O. The van der Waals surface area contributed by atoms with Crippen LogP contribution in [0.4, 0.5) is 5.82 Å². The molecule has 5 unspecified atom stereocenters.